The quantitative estimate of drug-likeness (QED) is 0.879. The first-order valence-corrected chi connectivity index (χ1v) is 7.29. The van der Waals surface area contributed by atoms with E-state index in [0.717, 1.165) is 11.1 Å². The number of benzene rings is 1. The smallest absolute Gasteiger partial charge is 0.275 e. The molecule has 0 unspecified atom stereocenters. The van der Waals surface area contributed by atoms with Crippen molar-refractivity contribution in [3.05, 3.63) is 44.3 Å². The van der Waals surface area contributed by atoms with Gasteiger partial charge in [-0.05, 0) is 28.5 Å². The van der Waals surface area contributed by atoms with Crippen molar-refractivity contribution in [2.75, 3.05) is 11.9 Å². The Morgan fingerprint density at radius 2 is 2.20 bits per heavy atom. The Kier molecular flexibility index (Phi) is 4.79. The van der Waals surface area contributed by atoms with E-state index in [1.54, 1.807) is 5.38 Å². The summed E-state index contributed by atoms with van der Waals surface area (Å²) in [5.74, 6) is -2.15. The van der Waals surface area contributed by atoms with Gasteiger partial charge in [0.25, 0.3) is 5.91 Å². The molecule has 3 N–H and O–H groups in total. The van der Waals surface area contributed by atoms with Gasteiger partial charge in [-0.3, -0.25) is 4.79 Å². The summed E-state index contributed by atoms with van der Waals surface area (Å²) in [6, 6.07) is 1.76. The van der Waals surface area contributed by atoms with E-state index in [0.29, 0.717) is 19.0 Å². The van der Waals surface area contributed by atoms with Gasteiger partial charge in [-0.15, -0.1) is 11.3 Å². The van der Waals surface area contributed by atoms with Crippen molar-refractivity contribution < 1.29 is 13.6 Å². The van der Waals surface area contributed by atoms with E-state index in [1.807, 2.05) is 0 Å². The van der Waals surface area contributed by atoms with Gasteiger partial charge in [0.2, 0.25) is 0 Å². The highest BCUT2D eigenvalue weighted by Gasteiger charge is 2.16. The molecule has 0 fully saturated rings. The van der Waals surface area contributed by atoms with Crippen LogP contribution in [-0.2, 0) is 6.42 Å². The summed E-state index contributed by atoms with van der Waals surface area (Å²) in [6.07, 6.45) is 0.576. The first-order chi connectivity index (χ1) is 9.51. The number of thiazole rings is 1. The molecular weight excluding hydrogens is 352 g/mol. The van der Waals surface area contributed by atoms with Gasteiger partial charge in [0.05, 0.1) is 10.7 Å². The molecule has 0 aliphatic carbocycles. The summed E-state index contributed by atoms with van der Waals surface area (Å²) in [5, 5.41) is 4.66. The van der Waals surface area contributed by atoms with Crippen LogP contribution in [0, 0.1) is 11.6 Å². The summed E-state index contributed by atoms with van der Waals surface area (Å²) in [7, 11) is 0. The third-order valence-electron chi connectivity index (χ3n) is 2.39. The van der Waals surface area contributed by atoms with Crippen LogP contribution in [-0.4, -0.2) is 17.4 Å². The maximum Gasteiger partial charge on any atom is 0.275 e. The zero-order valence-corrected chi connectivity index (χ0v) is 12.5. The van der Waals surface area contributed by atoms with Crippen molar-refractivity contribution in [3.8, 4) is 0 Å². The molecule has 0 aliphatic heterocycles. The minimum Gasteiger partial charge on any atom is -0.330 e. The van der Waals surface area contributed by atoms with Gasteiger partial charge in [-0.1, -0.05) is 0 Å². The number of aromatic nitrogens is 1. The molecule has 1 amide bonds. The van der Waals surface area contributed by atoms with Gasteiger partial charge in [-0.2, -0.15) is 0 Å². The molecule has 1 aromatic heterocycles. The van der Waals surface area contributed by atoms with E-state index in [9.17, 15) is 13.6 Å². The third kappa shape index (κ3) is 3.38. The molecule has 0 radical (unpaired) electrons. The van der Waals surface area contributed by atoms with Gasteiger partial charge in [0, 0.05) is 22.3 Å². The Morgan fingerprint density at radius 3 is 2.85 bits per heavy atom. The average molecular weight is 362 g/mol. The molecule has 2 rings (SSSR count). The number of anilines is 1. The van der Waals surface area contributed by atoms with Crippen molar-refractivity contribution >= 4 is 38.9 Å². The number of carbonyl (C=O) groups is 1. The average Bonchev–Trinajstić information content (AvgIpc) is 2.82. The summed E-state index contributed by atoms with van der Waals surface area (Å²) in [6.45, 7) is 0.437. The first-order valence-electron chi connectivity index (χ1n) is 5.61. The molecule has 20 heavy (non-hydrogen) atoms. The molecule has 0 aliphatic rings. The Morgan fingerprint density at radius 1 is 1.45 bits per heavy atom. The van der Waals surface area contributed by atoms with Crippen LogP contribution in [0.15, 0.2) is 22.0 Å². The van der Waals surface area contributed by atoms with Crippen molar-refractivity contribution in [1.82, 2.24) is 4.98 Å². The summed E-state index contributed by atoms with van der Waals surface area (Å²) >= 11 is 4.31. The lowest BCUT2D eigenvalue weighted by atomic mass is 10.3. The number of hydrogen-bond donors (Lipinski definition) is 2. The van der Waals surface area contributed by atoms with Gasteiger partial charge < -0.3 is 11.1 Å². The molecule has 0 bridgehead atoms. The predicted octanol–water partition coefficient (Wildman–Crippen LogP) is 2.94. The van der Waals surface area contributed by atoms with Gasteiger partial charge in [-0.25, -0.2) is 13.8 Å². The molecule has 1 aromatic carbocycles. The lowest BCUT2D eigenvalue weighted by Crippen LogP contribution is -2.14. The number of nitrogens with one attached hydrogen (secondary N) is 1. The molecule has 0 atom stereocenters. The van der Waals surface area contributed by atoms with Crippen LogP contribution in [0.5, 0.6) is 0 Å². The van der Waals surface area contributed by atoms with E-state index in [2.05, 4.69) is 26.2 Å². The largest absolute Gasteiger partial charge is 0.330 e. The van der Waals surface area contributed by atoms with Crippen molar-refractivity contribution in [2.45, 2.75) is 6.42 Å². The van der Waals surface area contributed by atoms with E-state index < -0.39 is 17.5 Å². The monoisotopic (exact) mass is 361 g/mol. The second kappa shape index (κ2) is 6.38. The van der Waals surface area contributed by atoms with Crippen molar-refractivity contribution in [3.63, 3.8) is 0 Å². The molecule has 8 heteroatoms. The number of nitrogens with zero attached hydrogens (tertiary/aromatic N) is 1. The molecule has 106 valence electrons. The summed E-state index contributed by atoms with van der Waals surface area (Å²) in [5.41, 5.74) is 5.45. The molecule has 2 aromatic rings. The highest BCUT2D eigenvalue weighted by atomic mass is 79.9. The van der Waals surface area contributed by atoms with Crippen LogP contribution >= 0.6 is 27.3 Å². The SMILES string of the molecule is NCCc1nc(C(=O)Nc2c(F)cc(F)cc2Br)cs1. The normalized spacial score (nSPS) is 10.6. The second-order valence-corrected chi connectivity index (χ2v) is 5.66. The fourth-order valence-electron chi connectivity index (χ4n) is 1.49. The van der Waals surface area contributed by atoms with Crippen LogP contribution in [0.3, 0.4) is 0 Å². The second-order valence-electron chi connectivity index (χ2n) is 3.86. The number of amides is 1. The van der Waals surface area contributed by atoms with Crippen LogP contribution < -0.4 is 11.1 Å². The Labute approximate surface area is 126 Å². The first kappa shape index (κ1) is 15.0. The topological polar surface area (TPSA) is 68.0 Å². The highest BCUT2D eigenvalue weighted by Crippen LogP contribution is 2.27. The number of hydrogen-bond acceptors (Lipinski definition) is 4. The number of rotatable bonds is 4. The van der Waals surface area contributed by atoms with Crippen molar-refractivity contribution in [1.29, 1.82) is 0 Å². The molecule has 0 saturated heterocycles. The lowest BCUT2D eigenvalue weighted by molar-refractivity contribution is 0.102. The zero-order chi connectivity index (χ0) is 14.7. The minimum absolute atomic E-state index is 0.121. The van der Waals surface area contributed by atoms with E-state index in [-0.39, 0.29) is 15.9 Å². The molecule has 4 nitrogen and oxygen atoms in total. The minimum atomic E-state index is -0.859. The fraction of sp³-hybridized carbons (Fsp3) is 0.167. The fourth-order valence-corrected chi connectivity index (χ4v) is 2.79. The van der Waals surface area contributed by atoms with Gasteiger partial charge >= 0.3 is 0 Å². The Hall–Kier alpha value is -1.38. The molecular formula is C12H10BrF2N3OS. The van der Waals surface area contributed by atoms with Crippen LogP contribution in [0.2, 0.25) is 0 Å². The Bertz CT molecular complexity index is 624. The maximum absolute atomic E-state index is 13.6. The van der Waals surface area contributed by atoms with Crippen LogP contribution in [0.25, 0.3) is 0 Å². The maximum atomic E-state index is 13.6. The van der Waals surface area contributed by atoms with Crippen LogP contribution in [0.1, 0.15) is 15.5 Å². The van der Waals surface area contributed by atoms with E-state index in [1.165, 1.54) is 11.3 Å². The lowest BCUT2D eigenvalue weighted by Gasteiger charge is -2.07. The number of nitrogens with two attached hydrogens (primary N) is 1. The van der Waals surface area contributed by atoms with E-state index >= 15 is 0 Å². The summed E-state index contributed by atoms with van der Waals surface area (Å²) < 4.78 is 26.7. The van der Waals surface area contributed by atoms with E-state index in [4.69, 9.17) is 5.73 Å². The summed E-state index contributed by atoms with van der Waals surface area (Å²) in [4.78, 5) is 16.0. The third-order valence-corrected chi connectivity index (χ3v) is 3.92. The molecule has 1 heterocycles. The zero-order valence-electron chi connectivity index (χ0n) is 10.1. The van der Waals surface area contributed by atoms with Gasteiger partial charge in [0.1, 0.15) is 11.5 Å². The predicted molar refractivity (Wildman–Crippen MR) is 76.9 cm³/mol. The number of halogens is 3. The Balaban J connectivity index is 2.19. The highest BCUT2D eigenvalue weighted by molar-refractivity contribution is 9.10. The molecule has 0 saturated carbocycles. The van der Waals surface area contributed by atoms with Gasteiger partial charge in [0.15, 0.2) is 5.82 Å². The van der Waals surface area contributed by atoms with Crippen LogP contribution in [0.4, 0.5) is 14.5 Å². The molecule has 0 spiro atoms. The van der Waals surface area contributed by atoms with Crippen molar-refractivity contribution in [2.24, 2.45) is 5.73 Å². The standard InChI is InChI=1S/C12H10BrF2N3OS/c13-7-3-6(14)4-8(15)11(7)18-12(19)9-5-20-10(17-9)1-2-16/h3-5H,1-2,16H2,(H,18,19). The number of carbonyl (C=O) groups excluding carboxylic acids is 1.